The van der Waals surface area contributed by atoms with Crippen LogP contribution in [0.25, 0.3) is 0 Å². The molecule has 2 aromatic carbocycles. The van der Waals surface area contributed by atoms with E-state index in [4.69, 9.17) is 4.74 Å². The van der Waals surface area contributed by atoms with Crippen molar-refractivity contribution in [3.05, 3.63) is 60.2 Å². The largest absolute Gasteiger partial charge is 0.493 e. The van der Waals surface area contributed by atoms with Crippen molar-refractivity contribution in [3.63, 3.8) is 0 Å². The van der Waals surface area contributed by atoms with Gasteiger partial charge in [-0.05, 0) is 24.6 Å². The average Bonchev–Trinajstić information content (AvgIpc) is 3.27. The number of anilines is 1. The first-order valence-electron chi connectivity index (χ1n) is 9.70. The van der Waals surface area contributed by atoms with Crippen molar-refractivity contribution in [2.45, 2.75) is 25.4 Å². The number of nitrogens with zero attached hydrogens (tertiary/aromatic N) is 1. The van der Waals surface area contributed by atoms with Gasteiger partial charge < -0.3 is 20.1 Å². The Balaban J connectivity index is 1.60. The molecule has 2 aliphatic rings. The monoisotopic (exact) mass is 352 g/mol. The highest BCUT2D eigenvalue weighted by Gasteiger charge is 2.49. The number of nitrogens with one attached hydrogen (secondary N) is 1. The minimum Gasteiger partial charge on any atom is -0.493 e. The summed E-state index contributed by atoms with van der Waals surface area (Å²) in [7, 11) is 0. The van der Waals surface area contributed by atoms with Crippen LogP contribution in [0.3, 0.4) is 0 Å². The second-order valence-electron chi connectivity index (χ2n) is 7.39. The van der Waals surface area contributed by atoms with E-state index in [0.29, 0.717) is 11.8 Å². The fraction of sp³-hybridized carbons (Fsp3) is 0.455. The Labute approximate surface area is 155 Å². The van der Waals surface area contributed by atoms with Gasteiger partial charge in [0.25, 0.3) is 0 Å². The van der Waals surface area contributed by atoms with E-state index in [2.05, 4.69) is 65.7 Å². The average molecular weight is 352 g/mol. The summed E-state index contributed by atoms with van der Waals surface area (Å²) in [5.41, 5.74) is 2.50. The Hall–Kier alpha value is -2.04. The molecule has 0 aromatic heterocycles. The van der Waals surface area contributed by atoms with Crippen LogP contribution in [0, 0.1) is 11.8 Å². The van der Waals surface area contributed by atoms with E-state index in [0.717, 1.165) is 31.9 Å². The van der Waals surface area contributed by atoms with E-state index in [1.165, 1.54) is 11.3 Å². The molecular formula is C22H28N2O2. The Bertz CT molecular complexity index is 721. The molecule has 4 heteroatoms. The molecule has 2 N–H and O–H groups in total. The van der Waals surface area contributed by atoms with Crippen LogP contribution in [0.2, 0.25) is 0 Å². The number of para-hydroxylation sites is 2. The SMILES string of the molecule is CCCOc1ccccc1[C@H]1N[C@@H](CO)[C@H]2CN(c3ccccc3)C[C@H]21. The topological polar surface area (TPSA) is 44.7 Å². The molecule has 2 aliphatic heterocycles. The third-order valence-corrected chi connectivity index (χ3v) is 5.78. The lowest BCUT2D eigenvalue weighted by Gasteiger charge is -2.25. The molecule has 4 nitrogen and oxygen atoms in total. The van der Waals surface area contributed by atoms with Crippen molar-refractivity contribution in [1.29, 1.82) is 0 Å². The first kappa shape index (κ1) is 17.4. The van der Waals surface area contributed by atoms with E-state index in [1.807, 2.05) is 6.07 Å². The normalized spacial score (nSPS) is 27.5. The zero-order valence-corrected chi connectivity index (χ0v) is 15.3. The maximum absolute atomic E-state index is 9.93. The first-order chi connectivity index (χ1) is 12.8. The summed E-state index contributed by atoms with van der Waals surface area (Å²) in [5, 5.41) is 13.6. The van der Waals surface area contributed by atoms with Crippen LogP contribution in [-0.2, 0) is 0 Å². The van der Waals surface area contributed by atoms with Gasteiger partial charge in [-0.3, -0.25) is 0 Å². The molecule has 0 aliphatic carbocycles. The van der Waals surface area contributed by atoms with Gasteiger partial charge in [0.15, 0.2) is 0 Å². The van der Waals surface area contributed by atoms with Gasteiger partial charge in [0, 0.05) is 48.3 Å². The molecule has 2 saturated heterocycles. The molecule has 0 bridgehead atoms. The summed E-state index contributed by atoms with van der Waals surface area (Å²) in [6, 6.07) is 19.3. The molecule has 2 aromatic rings. The number of rotatable bonds is 6. The summed E-state index contributed by atoms with van der Waals surface area (Å²) in [5.74, 6) is 1.89. The number of fused-ring (bicyclic) bond motifs is 1. The van der Waals surface area contributed by atoms with Gasteiger partial charge >= 0.3 is 0 Å². The predicted molar refractivity (Wildman–Crippen MR) is 105 cm³/mol. The van der Waals surface area contributed by atoms with Gasteiger partial charge in [0.05, 0.1) is 13.2 Å². The van der Waals surface area contributed by atoms with Gasteiger partial charge in [-0.1, -0.05) is 43.3 Å². The number of aliphatic hydroxyl groups excluding tert-OH is 1. The van der Waals surface area contributed by atoms with Gasteiger partial charge in [0.2, 0.25) is 0 Å². The molecular weight excluding hydrogens is 324 g/mol. The molecule has 2 fully saturated rings. The lowest BCUT2D eigenvalue weighted by atomic mass is 9.87. The Morgan fingerprint density at radius 2 is 1.77 bits per heavy atom. The highest BCUT2D eigenvalue weighted by Crippen LogP contribution is 2.45. The minimum absolute atomic E-state index is 0.137. The number of benzene rings is 2. The van der Waals surface area contributed by atoms with Crippen molar-refractivity contribution < 1.29 is 9.84 Å². The maximum Gasteiger partial charge on any atom is 0.124 e. The van der Waals surface area contributed by atoms with Crippen LogP contribution in [0.1, 0.15) is 24.9 Å². The number of hydrogen-bond acceptors (Lipinski definition) is 4. The molecule has 4 rings (SSSR count). The summed E-state index contributed by atoms with van der Waals surface area (Å²) in [6.45, 7) is 5.03. The lowest BCUT2D eigenvalue weighted by molar-refractivity contribution is 0.227. The molecule has 138 valence electrons. The van der Waals surface area contributed by atoms with Crippen molar-refractivity contribution in [1.82, 2.24) is 5.32 Å². The minimum atomic E-state index is 0.137. The van der Waals surface area contributed by atoms with Crippen molar-refractivity contribution in [3.8, 4) is 5.75 Å². The summed E-state index contributed by atoms with van der Waals surface area (Å²) in [4.78, 5) is 2.46. The predicted octanol–water partition coefficient (Wildman–Crippen LogP) is 3.23. The third kappa shape index (κ3) is 3.19. The highest BCUT2D eigenvalue weighted by molar-refractivity contribution is 5.48. The Kier molecular flexibility index (Phi) is 5.14. The van der Waals surface area contributed by atoms with Crippen LogP contribution in [-0.4, -0.2) is 37.5 Å². The van der Waals surface area contributed by atoms with Gasteiger partial charge in [-0.15, -0.1) is 0 Å². The number of hydrogen-bond donors (Lipinski definition) is 2. The van der Waals surface area contributed by atoms with E-state index in [9.17, 15) is 5.11 Å². The lowest BCUT2D eigenvalue weighted by Crippen LogP contribution is -2.36. The van der Waals surface area contributed by atoms with Crippen molar-refractivity contribution in [2.75, 3.05) is 31.2 Å². The molecule has 0 amide bonds. The highest BCUT2D eigenvalue weighted by atomic mass is 16.5. The summed E-state index contributed by atoms with van der Waals surface area (Å²) < 4.78 is 6.01. The molecule has 0 saturated carbocycles. The second-order valence-corrected chi connectivity index (χ2v) is 7.39. The van der Waals surface area contributed by atoms with Crippen molar-refractivity contribution >= 4 is 5.69 Å². The fourth-order valence-electron chi connectivity index (χ4n) is 4.55. The maximum atomic E-state index is 9.93. The van der Waals surface area contributed by atoms with Crippen LogP contribution >= 0.6 is 0 Å². The van der Waals surface area contributed by atoms with E-state index >= 15 is 0 Å². The van der Waals surface area contributed by atoms with Crippen molar-refractivity contribution in [2.24, 2.45) is 11.8 Å². The molecule has 4 atom stereocenters. The smallest absolute Gasteiger partial charge is 0.124 e. The molecule has 0 spiro atoms. The first-order valence-corrected chi connectivity index (χ1v) is 9.70. The Morgan fingerprint density at radius 3 is 2.54 bits per heavy atom. The quantitative estimate of drug-likeness (QED) is 0.838. The van der Waals surface area contributed by atoms with Crippen LogP contribution in [0.5, 0.6) is 5.75 Å². The van der Waals surface area contributed by atoms with E-state index in [-0.39, 0.29) is 18.7 Å². The van der Waals surface area contributed by atoms with Crippen LogP contribution < -0.4 is 15.0 Å². The zero-order valence-electron chi connectivity index (χ0n) is 15.3. The van der Waals surface area contributed by atoms with Crippen LogP contribution in [0.15, 0.2) is 54.6 Å². The van der Waals surface area contributed by atoms with E-state index < -0.39 is 0 Å². The molecule has 2 heterocycles. The summed E-state index contributed by atoms with van der Waals surface area (Å²) in [6.07, 6.45) is 1.000. The third-order valence-electron chi connectivity index (χ3n) is 5.78. The standard InChI is InChI=1S/C22H28N2O2/c1-2-12-26-21-11-7-6-10-17(21)22-19-14-24(16-8-4-3-5-9-16)13-18(19)20(15-25)23-22/h3-11,18-20,22-23,25H,2,12-15H2,1H3/t18-,19+,20-,22+/m0/s1. The van der Waals surface area contributed by atoms with Crippen LogP contribution in [0.4, 0.5) is 5.69 Å². The molecule has 0 unspecified atom stereocenters. The fourth-order valence-corrected chi connectivity index (χ4v) is 4.55. The van der Waals surface area contributed by atoms with E-state index in [1.54, 1.807) is 0 Å². The molecule has 0 radical (unpaired) electrons. The number of aliphatic hydroxyl groups is 1. The second kappa shape index (κ2) is 7.68. The van der Waals surface area contributed by atoms with Gasteiger partial charge in [-0.2, -0.15) is 0 Å². The summed E-state index contributed by atoms with van der Waals surface area (Å²) >= 11 is 0. The number of ether oxygens (including phenoxy) is 1. The Morgan fingerprint density at radius 1 is 1.04 bits per heavy atom. The van der Waals surface area contributed by atoms with Gasteiger partial charge in [0.1, 0.15) is 5.75 Å². The molecule has 26 heavy (non-hydrogen) atoms. The zero-order chi connectivity index (χ0) is 17.9. The van der Waals surface area contributed by atoms with Gasteiger partial charge in [-0.25, -0.2) is 0 Å².